The first-order chi connectivity index (χ1) is 3.63. The van der Waals surface area contributed by atoms with Crippen LogP contribution in [0.3, 0.4) is 0 Å². The van der Waals surface area contributed by atoms with Gasteiger partial charge in [-0.05, 0) is 24.6 Å². The van der Waals surface area contributed by atoms with Crippen molar-refractivity contribution in [1.29, 1.82) is 0 Å². The smallest absolute Gasteiger partial charge is 0.244 e. The molecule has 0 N–H and O–H groups in total. The molecule has 3 heteroatoms. The van der Waals surface area contributed by atoms with E-state index in [-0.39, 0.29) is 4.83 Å². The molecule has 0 saturated carbocycles. The van der Waals surface area contributed by atoms with Crippen LogP contribution in [0.25, 0.3) is 0 Å². The Labute approximate surface area is 61.8 Å². The van der Waals surface area contributed by atoms with E-state index in [1.807, 2.05) is 6.92 Å². The second-order valence-corrected chi connectivity index (χ2v) is 3.16. The van der Waals surface area contributed by atoms with Crippen LogP contribution in [0.2, 0.25) is 0 Å². The monoisotopic (exact) mass is 196 g/mol. The van der Waals surface area contributed by atoms with Crippen molar-refractivity contribution in [2.75, 3.05) is 0 Å². The average Bonchev–Trinajstić information content (AvgIpc) is 1.61. The van der Waals surface area contributed by atoms with Crippen molar-refractivity contribution >= 4 is 32.8 Å². The van der Waals surface area contributed by atoms with Gasteiger partial charge in [-0.15, -0.1) is 0 Å². The van der Waals surface area contributed by atoms with Gasteiger partial charge >= 0.3 is 0 Å². The van der Waals surface area contributed by atoms with Gasteiger partial charge in [0.1, 0.15) is 0 Å². The zero-order chi connectivity index (χ0) is 6.57. The molecule has 0 aromatic rings. The van der Waals surface area contributed by atoms with E-state index in [2.05, 4.69) is 15.9 Å². The molecule has 0 heterocycles. The van der Waals surface area contributed by atoms with Gasteiger partial charge in [0, 0.05) is 4.83 Å². The summed E-state index contributed by atoms with van der Waals surface area (Å²) < 4.78 is 0. The molecular weight excluding hydrogens is 191 g/mol. The fourth-order valence-electron chi connectivity index (χ4n) is 0.208. The van der Waals surface area contributed by atoms with Crippen LogP contribution in [-0.4, -0.2) is 10.1 Å². The highest BCUT2D eigenvalue weighted by Gasteiger charge is 1.87. The van der Waals surface area contributed by atoms with Crippen molar-refractivity contribution in [1.82, 2.24) is 0 Å². The van der Waals surface area contributed by atoms with Crippen LogP contribution in [0.15, 0.2) is 12.2 Å². The lowest BCUT2D eigenvalue weighted by Crippen LogP contribution is -1.82. The fraction of sp³-hybridized carbons (Fsp3) is 0.400. The summed E-state index contributed by atoms with van der Waals surface area (Å²) in [7, 11) is 0. The number of allylic oxidation sites excluding steroid dienone is 2. The van der Waals surface area contributed by atoms with Crippen molar-refractivity contribution < 1.29 is 4.79 Å². The Hall–Kier alpha value is 0.180. The van der Waals surface area contributed by atoms with E-state index in [4.69, 9.17) is 11.6 Å². The molecule has 0 saturated heterocycles. The molecule has 46 valence electrons. The quantitative estimate of drug-likeness (QED) is 0.376. The molecule has 0 aliphatic heterocycles. The maximum absolute atomic E-state index is 10.0. The molecule has 0 radical (unpaired) electrons. The number of hydrogen-bond donors (Lipinski definition) is 0. The van der Waals surface area contributed by atoms with E-state index >= 15 is 0 Å². The van der Waals surface area contributed by atoms with Gasteiger partial charge in [-0.2, -0.15) is 0 Å². The third kappa shape index (κ3) is 6.18. The fourth-order valence-corrected chi connectivity index (χ4v) is 0.434. The Balaban J connectivity index is 3.50. The van der Waals surface area contributed by atoms with Crippen LogP contribution < -0.4 is 0 Å². The summed E-state index contributed by atoms with van der Waals surface area (Å²) in [6, 6.07) is 0. The lowest BCUT2D eigenvalue weighted by molar-refractivity contribution is -0.107. The molecule has 0 aromatic heterocycles. The van der Waals surface area contributed by atoms with Crippen molar-refractivity contribution in [3.8, 4) is 0 Å². The minimum absolute atomic E-state index is 0.213. The van der Waals surface area contributed by atoms with Gasteiger partial charge < -0.3 is 0 Å². The lowest BCUT2D eigenvalue weighted by Gasteiger charge is -1.85. The van der Waals surface area contributed by atoms with Gasteiger partial charge in [0.2, 0.25) is 5.24 Å². The van der Waals surface area contributed by atoms with E-state index in [0.29, 0.717) is 0 Å². The van der Waals surface area contributed by atoms with Crippen LogP contribution in [-0.2, 0) is 4.79 Å². The maximum Gasteiger partial charge on any atom is 0.244 e. The maximum atomic E-state index is 10.0. The molecule has 0 spiro atoms. The van der Waals surface area contributed by atoms with E-state index in [1.165, 1.54) is 6.08 Å². The van der Waals surface area contributed by atoms with Crippen molar-refractivity contribution in [2.45, 2.75) is 11.8 Å². The molecule has 0 amide bonds. The van der Waals surface area contributed by atoms with Crippen molar-refractivity contribution in [3.63, 3.8) is 0 Å². The SMILES string of the molecule is CC(Br)C=CC(=O)Cl. The molecule has 1 unspecified atom stereocenters. The second-order valence-electron chi connectivity index (χ2n) is 1.34. The summed E-state index contributed by atoms with van der Waals surface area (Å²) in [5, 5.41) is -0.434. The number of carbonyl (C=O) groups excluding carboxylic acids is 1. The predicted molar refractivity (Wildman–Crippen MR) is 38.4 cm³/mol. The van der Waals surface area contributed by atoms with Gasteiger partial charge in [0.05, 0.1) is 0 Å². The van der Waals surface area contributed by atoms with Gasteiger partial charge in [-0.1, -0.05) is 22.0 Å². The Morgan fingerprint density at radius 3 is 2.50 bits per heavy atom. The van der Waals surface area contributed by atoms with Gasteiger partial charge in [-0.3, -0.25) is 4.79 Å². The van der Waals surface area contributed by atoms with Crippen LogP contribution in [0.5, 0.6) is 0 Å². The summed E-state index contributed by atoms with van der Waals surface area (Å²) in [4.78, 5) is 10.2. The Morgan fingerprint density at radius 2 is 2.38 bits per heavy atom. The van der Waals surface area contributed by atoms with Gasteiger partial charge in [0.25, 0.3) is 0 Å². The minimum Gasteiger partial charge on any atom is -0.276 e. The summed E-state index contributed by atoms with van der Waals surface area (Å²) in [6.07, 6.45) is 3.00. The second kappa shape index (κ2) is 4.10. The first-order valence-electron chi connectivity index (χ1n) is 2.14. The highest BCUT2D eigenvalue weighted by molar-refractivity contribution is 9.09. The topological polar surface area (TPSA) is 17.1 Å². The summed E-state index contributed by atoms with van der Waals surface area (Å²) in [5.41, 5.74) is 0. The Bertz CT molecular complexity index is 109. The van der Waals surface area contributed by atoms with E-state index in [9.17, 15) is 4.79 Å². The first kappa shape index (κ1) is 8.18. The zero-order valence-electron chi connectivity index (χ0n) is 4.40. The predicted octanol–water partition coefficient (Wildman–Crippen LogP) is 2.09. The average molecular weight is 197 g/mol. The molecule has 0 fully saturated rings. The molecule has 1 nitrogen and oxygen atoms in total. The molecule has 0 rings (SSSR count). The minimum atomic E-state index is -0.434. The van der Waals surface area contributed by atoms with Crippen molar-refractivity contribution in [3.05, 3.63) is 12.2 Å². The molecule has 0 aromatic carbocycles. The normalized spacial score (nSPS) is 14.4. The van der Waals surface area contributed by atoms with Crippen LogP contribution in [0.1, 0.15) is 6.92 Å². The first-order valence-corrected chi connectivity index (χ1v) is 3.44. The largest absolute Gasteiger partial charge is 0.276 e. The summed E-state index contributed by atoms with van der Waals surface area (Å²) in [5.74, 6) is 0. The van der Waals surface area contributed by atoms with Crippen LogP contribution >= 0.6 is 27.5 Å². The number of alkyl halides is 1. The standard InChI is InChI=1S/C5H6BrClO/c1-4(6)2-3-5(7)8/h2-4H,1H3. The van der Waals surface area contributed by atoms with Gasteiger partial charge in [0.15, 0.2) is 0 Å². The molecule has 0 aliphatic carbocycles. The van der Waals surface area contributed by atoms with Crippen LogP contribution in [0, 0.1) is 0 Å². The molecular formula is C5H6BrClO. The number of halogens is 2. The lowest BCUT2D eigenvalue weighted by atomic mass is 10.4. The molecule has 0 aliphatic rings. The van der Waals surface area contributed by atoms with E-state index < -0.39 is 5.24 Å². The highest BCUT2D eigenvalue weighted by atomic mass is 79.9. The van der Waals surface area contributed by atoms with E-state index in [1.54, 1.807) is 6.08 Å². The van der Waals surface area contributed by atoms with E-state index in [0.717, 1.165) is 0 Å². The Kier molecular flexibility index (Phi) is 4.19. The number of rotatable bonds is 2. The molecule has 8 heavy (non-hydrogen) atoms. The highest BCUT2D eigenvalue weighted by Crippen LogP contribution is 1.98. The third-order valence-electron chi connectivity index (χ3n) is 0.492. The van der Waals surface area contributed by atoms with Crippen molar-refractivity contribution in [2.24, 2.45) is 0 Å². The molecule has 1 atom stereocenters. The van der Waals surface area contributed by atoms with Gasteiger partial charge in [-0.25, -0.2) is 0 Å². The number of hydrogen-bond acceptors (Lipinski definition) is 1. The summed E-state index contributed by atoms with van der Waals surface area (Å²) >= 11 is 8.18. The Morgan fingerprint density at radius 1 is 1.88 bits per heavy atom. The summed E-state index contributed by atoms with van der Waals surface area (Å²) in [6.45, 7) is 1.90. The number of carbonyl (C=O) groups is 1. The third-order valence-corrected chi connectivity index (χ3v) is 0.924. The zero-order valence-corrected chi connectivity index (χ0v) is 6.74. The molecule has 0 bridgehead atoms. The van der Waals surface area contributed by atoms with Crippen LogP contribution in [0.4, 0.5) is 0 Å².